The van der Waals surface area contributed by atoms with Gasteiger partial charge in [-0.05, 0) is 18.9 Å². The van der Waals surface area contributed by atoms with Crippen LogP contribution in [0, 0.1) is 11.7 Å². The number of carbonyl (C=O) groups excluding carboxylic acids is 1. The average molecular weight is 285 g/mol. The second-order valence-corrected chi connectivity index (χ2v) is 7.04. The Morgan fingerprint density at radius 2 is 1.89 bits per heavy atom. The standard InChI is InChI=1S/C13H16FNO3S/c14-12-4-2-1-3-11(12)9-15-13(16)10-5-7-19(17,18)8-6-10/h1-4,10H,5-9H2,(H,15,16). The van der Waals surface area contributed by atoms with Gasteiger partial charge in [0.2, 0.25) is 5.91 Å². The summed E-state index contributed by atoms with van der Waals surface area (Å²) in [5.41, 5.74) is 0.430. The third-order valence-corrected chi connectivity index (χ3v) is 5.05. The van der Waals surface area contributed by atoms with Gasteiger partial charge in [-0.1, -0.05) is 18.2 Å². The quantitative estimate of drug-likeness (QED) is 0.909. The summed E-state index contributed by atoms with van der Waals surface area (Å²) in [7, 11) is -2.96. The van der Waals surface area contributed by atoms with Crippen LogP contribution in [0.1, 0.15) is 18.4 Å². The number of halogens is 1. The van der Waals surface area contributed by atoms with Crippen LogP contribution in [0.4, 0.5) is 4.39 Å². The SMILES string of the molecule is O=C(NCc1ccccc1F)C1CCS(=O)(=O)CC1. The van der Waals surface area contributed by atoms with Gasteiger partial charge in [-0.3, -0.25) is 4.79 Å². The fourth-order valence-corrected chi connectivity index (χ4v) is 3.61. The number of hydrogen-bond donors (Lipinski definition) is 1. The number of nitrogens with one attached hydrogen (secondary N) is 1. The van der Waals surface area contributed by atoms with Crippen molar-refractivity contribution in [2.45, 2.75) is 19.4 Å². The molecule has 0 radical (unpaired) electrons. The van der Waals surface area contributed by atoms with E-state index in [1.54, 1.807) is 18.2 Å². The summed E-state index contributed by atoms with van der Waals surface area (Å²) >= 11 is 0. The second-order valence-electron chi connectivity index (χ2n) is 4.74. The summed E-state index contributed by atoms with van der Waals surface area (Å²) in [6.07, 6.45) is 0.705. The highest BCUT2D eigenvalue weighted by molar-refractivity contribution is 7.91. The Balaban J connectivity index is 1.87. The number of hydrogen-bond acceptors (Lipinski definition) is 3. The predicted octanol–water partition coefficient (Wildman–Crippen LogP) is 1.27. The summed E-state index contributed by atoms with van der Waals surface area (Å²) in [4.78, 5) is 11.9. The van der Waals surface area contributed by atoms with Crippen LogP contribution in [-0.4, -0.2) is 25.8 Å². The minimum Gasteiger partial charge on any atom is -0.352 e. The average Bonchev–Trinajstić information content (AvgIpc) is 2.37. The molecule has 1 saturated heterocycles. The molecule has 4 nitrogen and oxygen atoms in total. The molecule has 0 unspecified atom stereocenters. The fourth-order valence-electron chi connectivity index (χ4n) is 2.12. The summed E-state index contributed by atoms with van der Waals surface area (Å²) in [6, 6.07) is 6.25. The van der Waals surface area contributed by atoms with Gasteiger partial charge >= 0.3 is 0 Å². The largest absolute Gasteiger partial charge is 0.352 e. The first kappa shape index (κ1) is 14.0. The van der Waals surface area contributed by atoms with Crippen LogP contribution in [0.5, 0.6) is 0 Å². The van der Waals surface area contributed by atoms with Gasteiger partial charge in [-0.15, -0.1) is 0 Å². The molecule has 1 aliphatic rings. The van der Waals surface area contributed by atoms with Crippen LogP contribution in [0.2, 0.25) is 0 Å². The van der Waals surface area contributed by atoms with E-state index in [-0.39, 0.29) is 35.7 Å². The van der Waals surface area contributed by atoms with E-state index in [1.807, 2.05) is 0 Å². The second kappa shape index (κ2) is 5.69. The Bertz CT molecular complexity index is 557. The third kappa shape index (κ3) is 3.76. The number of rotatable bonds is 3. The van der Waals surface area contributed by atoms with E-state index in [0.29, 0.717) is 18.4 Å². The first-order valence-electron chi connectivity index (χ1n) is 6.19. The van der Waals surface area contributed by atoms with Crippen molar-refractivity contribution in [2.24, 2.45) is 5.92 Å². The lowest BCUT2D eigenvalue weighted by Crippen LogP contribution is -2.36. The van der Waals surface area contributed by atoms with Gasteiger partial charge in [0, 0.05) is 18.0 Å². The number of benzene rings is 1. The van der Waals surface area contributed by atoms with Crippen LogP contribution >= 0.6 is 0 Å². The zero-order valence-corrected chi connectivity index (χ0v) is 11.2. The van der Waals surface area contributed by atoms with E-state index < -0.39 is 9.84 Å². The molecule has 0 atom stereocenters. The first-order valence-corrected chi connectivity index (χ1v) is 8.01. The molecule has 1 aliphatic heterocycles. The first-order chi connectivity index (χ1) is 8.98. The van der Waals surface area contributed by atoms with Crippen molar-refractivity contribution in [1.29, 1.82) is 0 Å². The Hall–Kier alpha value is -1.43. The van der Waals surface area contributed by atoms with Crippen molar-refractivity contribution in [3.05, 3.63) is 35.6 Å². The minimum atomic E-state index is -2.96. The summed E-state index contributed by atoms with van der Waals surface area (Å²) in [6.45, 7) is 0.134. The maximum Gasteiger partial charge on any atom is 0.223 e. The van der Waals surface area contributed by atoms with Crippen molar-refractivity contribution in [2.75, 3.05) is 11.5 Å². The van der Waals surface area contributed by atoms with Gasteiger partial charge in [-0.25, -0.2) is 12.8 Å². The van der Waals surface area contributed by atoms with Gasteiger partial charge in [-0.2, -0.15) is 0 Å². The Morgan fingerprint density at radius 3 is 2.53 bits per heavy atom. The molecule has 0 spiro atoms. The topological polar surface area (TPSA) is 63.2 Å². The molecule has 6 heteroatoms. The number of amides is 1. The summed E-state index contributed by atoms with van der Waals surface area (Å²) in [5, 5.41) is 2.66. The molecule has 1 aromatic rings. The Labute approximate surface area is 111 Å². The highest BCUT2D eigenvalue weighted by atomic mass is 32.2. The lowest BCUT2D eigenvalue weighted by Gasteiger charge is -2.21. The maximum atomic E-state index is 13.4. The van der Waals surface area contributed by atoms with Gasteiger partial charge in [0.1, 0.15) is 15.7 Å². The normalized spacial score (nSPS) is 19.0. The van der Waals surface area contributed by atoms with Crippen molar-refractivity contribution < 1.29 is 17.6 Å². The van der Waals surface area contributed by atoms with Gasteiger partial charge in [0.25, 0.3) is 0 Å². The molecule has 1 aromatic carbocycles. The molecule has 1 N–H and O–H groups in total. The third-order valence-electron chi connectivity index (χ3n) is 3.34. The monoisotopic (exact) mass is 285 g/mol. The molecule has 19 heavy (non-hydrogen) atoms. The van der Waals surface area contributed by atoms with Crippen LogP contribution < -0.4 is 5.32 Å². The van der Waals surface area contributed by atoms with E-state index in [9.17, 15) is 17.6 Å². The zero-order valence-electron chi connectivity index (χ0n) is 10.4. The highest BCUT2D eigenvalue weighted by Crippen LogP contribution is 2.19. The van der Waals surface area contributed by atoms with Crippen molar-refractivity contribution in [1.82, 2.24) is 5.32 Å². The minimum absolute atomic E-state index is 0.0603. The summed E-state index contributed by atoms with van der Waals surface area (Å²) in [5.74, 6) is -0.710. The van der Waals surface area contributed by atoms with Crippen LogP contribution in [0.15, 0.2) is 24.3 Å². The lowest BCUT2D eigenvalue weighted by molar-refractivity contribution is -0.125. The fraction of sp³-hybridized carbons (Fsp3) is 0.462. The van der Waals surface area contributed by atoms with Crippen molar-refractivity contribution >= 4 is 15.7 Å². The van der Waals surface area contributed by atoms with Gasteiger partial charge in [0.15, 0.2) is 0 Å². The molecular weight excluding hydrogens is 269 g/mol. The molecule has 0 aromatic heterocycles. The molecule has 2 rings (SSSR count). The number of sulfone groups is 1. The molecule has 1 fully saturated rings. The van der Waals surface area contributed by atoms with Gasteiger partial charge in [0.05, 0.1) is 11.5 Å². The Kier molecular flexibility index (Phi) is 4.19. The molecule has 1 amide bonds. The van der Waals surface area contributed by atoms with E-state index >= 15 is 0 Å². The lowest BCUT2D eigenvalue weighted by atomic mass is 10.0. The molecular formula is C13H16FNO3S. The van der Waals surface area contributed by atoms with Crippen LogP contribution in [0.25, 0.3) is 0 Å². The molecule has 0 aliphatic carbocycles. The van der Waals surface area contributed by atoms with Crippen LogP contribution in [-0.2, 0) is 21.2 Å². The van der Waals surface area contributed by atoms with Crippen LogP contribution in [0.3, 0.4) is 0 Å². The van der Waals surface area contributed by atoms with E-state index in [1.165, 1.54) is 6.07 Å². The van der Waals surface area contributed by atoms with E-state index in [4.69, 9.17) is 0 Å². The zero-order chi connectivity index (χ0) is 13.9. The maximum absolute atomic E-state index is 13.4. The molecule has 104 valence electrons. The molecule has 0 bridgehead atoms. The van der Waals surface area contributed by atoms with Crippen molar-refractivity contribution in [3.63, 3.8) is 0 Å². The van der Waals surface area contributed by atoms with Crippen molar-refractivity contribution in [3.8, 4) is 0 Å². The predicted molar refractivity (Wildman–Crippen MR) is 69.6 cm³/mol. The Morgan fingerprint density at radius 1 is 1.26 bits per heavy atom. The molecule has 0 saturated carbocycles. The van der Waals surface area contributed by atoms with E-state index in [2.05, 4.69) is 5.32 Å². The highest BCUT2D eigenvalue weighted by Gasteiger charge is 2.28. The number of carbonyl (C=O) groups is 1. The van der Waals surface area contributed by atoms with Gasteiger partial charge < -0.3 is 5.32 Å². The molecule has 1 heterocycles. The summed E-state index contributed by atoms with van der Waals surface area (Å²) < 4.78 is 35.9. The smallest absolute Gasteiger partial charge is 0.223 e. The van der Waals surface area contributed by atoms with E-state index in [0.717, 1.165) is 0 Å².